The van der Waals surface area contributed by atoms with Crippen molar-refractivity contribution in [2.24, 2.45) is 0 Å². The molecule has 0 aromatic heterocycles. The molecule has 1 N–H and O–H groups in total. The SMILES string of the molecule is COC(=O)c1cc(NC(=O)/C=C/c2cc(OC)cc(OC)c2)ccc1F. The Balaban J connectivity index is 2.14. The van der Waals surface area contributed by atoms with Crippen LogP contribution in [0.3, 0.4) is 0 Å². The van der Waals surface area contributed by atoms with Crippen LogP contribution >= 0.6 is 0 Å². The Morgan fingerprint density at radius 3 is 2.23 bits per heavy atom. The minimum absolute atomic E-state index is 0.258. The Morgan fingerprint density at radius 1 is 1.00 bits per heavy atom. The van der Waals surface area contributed by atoms with E-state index in [0.29, 0.717) is 17.1 Å². The molecular weight excluding hydrogens is 341 g/mol. The van der Waals surface area contributed by atoms with Crippen molar-refractivity contribution in [2.75, 3.05) is 26.6 Å². The third-order valence-electron chi connectivity index (χ3n) is 3.44. The fourth-order valence-electron chi connectivity index (χ4n) is 2.15. The fraction of sp³-hybridized carbons (Fsp3) is 0.158. The van der Waals surface area contributed by atoms with Crippen LogP contribution in [0.25, 0.3) is 6.08 Å². The first-order valence-electron chi connectivity index (χ1n) is 7.57. The monoisotopic (exact) mass is 359 g/mol. The molecule has 0 bridgehead atoms. The molecule has 2 aromatic carbocycles. The maximum absolute atomic E-state index is 13.6. The second-order valence-electron chi connectivity index (χ2n) is 5.15. The highest BCUT2D eigenvalue weighted by atomic mass is 19.1. The highest BCUT2D eigenvalue weighted by molar-refractivity contribution is 6.02. The number of halogens is 1. The van der Waals surface area contributed by atoms with Crippen LogP contribution in [0, 0.1) is 5.82 Å². The molecule has 7 heteroatoms. The van der Waals surface area contributed by atoms with Gasteiger partial charge in [-0.2, -0.15) is 0 Å². The number of ether oxygens (including phenoxy) is 3. The Hall–Kier alpha value is -3.35. The van der Waals surface area contributed by atoms with Crippen molar-refractivity contribution < 1.29 is 28.2 Å². The number of hydrogen-bond donors (Lipinski definition) is 1. The molecule has 0 aliphatic carbocycles. The Bertz CT molecular complexity index is 826. The van der Waals surface area contributed by atoms with Gasteiger partial charge in [-0.25, -0.2) is 9.18 Å². The van der Waals surface area contributed by atoms with Gasteiger partial charge < -0.3 is 19.5 Å². The van der Waals surface area contributed by atoms with Crippen LogP contribution in [0.4, 0.5) is 10.1 Å². The number of benzene rings is 2. The van der Waals surface area contributed by atoms with Gasteiger partial charge in [-0.05, 0) is 42.0 Å². The van der Waals surface area contributed by atoms with E-state index in [9.17, 15) is 14.0 Å². The molecule has 0 unspecified atom stereocenters. The van der Waals surface area contributed by atoms with Crippen molar-refractivity contribution in [3.63, 3.8) is 0 Å². The summed E-state index contributed by atoms with van der Waals surface area (Å²) in [5, 5.41) is 2.55. The Kier molecular flexibility index (Phi) is 6.32. The van der Waals surface area contributed by atoms with Crippen LogP contribution in [0.1, 0.15) is 15.9 Å². The summed E-state index contributed by atoms with van der Waals surface area (Å²) in [7, 11) is 4.21. The maximum Gasteiger partial charge on any atom is 0.340 e. The van der Waals surface area contributed by atoms with Gasteiger partial charge in [0.15, 0.2) is 0 Å². The highest BCUT2D eigenvalue weighted by Crippen LogP contribution is 2.23. The summed E-state index contributed by atoms with van der Waals surface area (Å²) < 4.78 is 28.4. The molecule has 2 aromatic rings. The summed E-state index contributed by atoms with van der Waals surface area (Å²) in [6.07, 6.45) is 2.88. The molecule has 0 aliphatic heterocycles. The third kappa shape index (κ3) is 4.83. The van der Waals surface area contributed by atoms with Crippen LogP contribution in [0.15, 0.2) is 42.5 Å². The van der Waals surface area contributed by atoms with E-state index >= 15 is 0 Å². The average molecular weight is 359 g/mol. The molecule has 1 amide bonds. The average Bonchev–Trinajstić information content (AvgIpc) is 2.66. The minimum atomic E-state index is -0.822. The van der Waals surface area contributed by atoms with Gasteiger partial charge in [-0.15, -0.1) is 0 Å². The summed E-state index contributed by atoms with van der Waals surface area (Å²) in [5.41, 5.74) is 0.710. The number of carbonyl (C=O) groups is 2. The van der Waals surface area contributed by atoms with Gasteiger partial charge in [-0.3, -0.25) is 4.79 Å². The van der Waals surface area contributed by atoms with Crippen LogP contribution in [0.5, 0.6) is 11.5 Å². The molecule has 0 atom stereocenters. The molecule has 0 saturated heterocycles. The first kappa shape index (κ1) is 19.0. The highest BCUT2D eigenvalue weighted by Gasteiger charge is 2.13. The molecule has 136 valence electrons. The van der Waals surface area contributed by atoms with E-state index in [1.165, 1.54) is 32.4 Å². The summed E-state index contributed by atoms with van der Waals surface area (Å²) >= 11 is 0. The Labute approximate surface area is 150 Å². The van der Waals surface area contributed by atoms with Crippen LogP contribution < -0.4 is 14.8 Å². The van der Waals surface area contributed by atoms with Gasteiger partial charge in [0.2, 0.25) is 5.91 Å². The molecular formula is C19H18FNO5. The smallest absolute Gasteiger partial charge is 0.340 e. The van der Waals surface area contributed by atoms with E-state index in [2.05, 4.69) is 10.1 Å². The van der Waals surface area contributed by atoms with Crippen molar-refractivity contribution in [3.8, 4) is 11.5 Å². The minimum Gasteiger partial charge on any atom is -0.497 e. The molecule has 0 heterocycles. The van der Waals surface area contributed by atoms with Gasteiger partial charge in [0.05, 0.1) is 26.9 Å². The van der Waals surface area contributed by atoms with Crippen LogP contribution in [0.2, 0.25) is 0 Å². The van der Waals surface area contributed by atoms with Crippen molar-refractivity contribution in [3.05, 3.63) is 59.4 Å². The number of nitrogens with one attached hydrogen (secondary N) is 1. The topological polar surface area (TPSA) is 73.9 Å². The lowest BCUT2D eigenvalue weighted by Crippen LogP contribution is -2.10. The zero-order valence-electron chi connectivity index (χ0n) is 14.5. The number of esters is 1. The van der Waals surface area contributed by atoms with Crippen molar-refractivity contribution in [2.45, 2.75) is 0 Å². The zero-order chi connectivity index (χ0) is 19.1. The molecule has 0 spiro atoms. The standard InChI is InChI=1S/C19H18FNO5/c1-24-14-8-12(9-15(11-14)25-2)4-7-18(22)21-13-5-6-17(20)16(10-13)19(23)26-3/h4-11H,1-3H3,(H,21,22)/b7-4+. The largest absolute Gasteiger partial charge is 0.497 e. The maximum atomic E-state index is 13.6. The van der Waals surface area contributed by atoms with E-state index in [1.54, 1.807) is 24.3 Å². The van der Waals surface area contributed by atoms with Gasteiger partial charge >= 0.3 is 5.97 Å². The normalized spacial score (nSPS) is 10.5. The lowest BCUT2D eigenvalue weighted by atomic mass is 10.1. The quantitative estimate of drug-likeness (QED) is 0.633. The second kappa shape index (κ2) is 8.66. The van der Waals surface area contributed by atoms with Gasteiger partial charge in [-0.1, -0.05) is 0 Å². The zero-order valence-corrected chi connectivity index (χ0v) is 14.5. The lowest BCUT2D eigenvalue weighted by Gasteiger charge is -2.07. The van der Waals surface area contributed by atoms with E-state index in [0.717, 1.165) is 13.2 Å². The van der Waals surface area contributed by atoms with E-state index < -0.39 is 17.7 Å². The summed E-state index contributed by atoms with van der Waals surface area (Å²) in [4.78, 5) is 23.6. The first-order chi connectivity index (χ1) is 12.5. The van der Waals surface area contributed by atoms with Crippen molar-refractivity contribution in [1.29, 1.82) is 0 Å². The number of methoxy groups -OCH3 is 3. The first-order valence-corrected chi connectivity index (χ1v) is 7.57. The Morgan fingerprint density at radius 2 is 1.65 bits per heavy atom. The van der Waals surface area contributed by atoms with E-state index in [4.69, 9.17) is 9.47 Å². The third-order valence-corrected chi connectivity index (χ3v) is 3.44. The molecule has 26 heavy (non-hydrogen) atoms. The van der Waals surface area contributed by atoms with Gasteiger partial charge in [0.1, 0.15) is 17.3 Å². The number of carbonyl (C=O) groups excluding carboxylic acids is 2. The number of hydrogen-bond acceptors (Lipinski definition) is 5. The summed E-state index contributed by atoms with van der Waals surface area (Å²) in [5.74, 6) is -0.822. The lowest BCUT2D eigenvalue weighted by molar-refractivity contribution is -0.111. The molecule has 0 fully saturated rings. The predicted octanol–water partition coefficient (Wildman–Crippen LogP) is 3.28. The van der Waals surface area contributed by atoms with Crippen LogP contribution in [-0.4, -0.2) is 33.2 Å². The second-order valence-corrected chi connectivity index (χ2v) is 5.15. The molecule has 0 saturated carbocycles. The molecule has 6 nitrogen and oxygen atoms in total. The summed E-state index contributed by atoms with van der Waals surface area (Å²) in [6, 6.07) is 8.82. The molecule has 2 rings (SSSR count). The van der Waals surface area contributed by atoms with Crippen LogP contribution in [-0.2, 0) is 9.53 Å². The predicted molar refractivity (Wildman–Crippen MR) is 94.9 cm³/mol. The van der Waals surface area contributed by atoms with Gasteiger partial charge in [0.25, 0.3) is 0 Å². The van der Waals surface area contributed by atoms with Gasteiger partial charge in [0, 0.05) is 17.8 Å². The van der Waals surface area contributed by atoms with Crippen molar-refractivity contribution >= 4 is 23.6 Å². The number of anilines is 1. The number of amides is 1. The molecule has 0 aliphatic rings. The fourth-order valence-corrected chi connectivity index (χ4v) is 2.15. The van der Waals surface area contributed by atoms with E-state index in [-0.39, 0.29) is 11.3 Å². The van der Waals surface area contributed by atoms with E-state index in [1.807, 2.05) is 0 Å². The van der Waals surface area contributed by atoms with Crippen molar-refractivity contribution in [1.82, 2.24) is 0 Å². The summed E-state index contributed by atoms with van der Waals surface area (Å²) in [6.45, 7) is 0. The molecule has 0 radical (unpaired) electrons. The number of rotatable bonds is 6.